The monoisotopic (exact) mass is 287 g/mol. The van der Waals surface area contributed by atoms with E-state index in [-0.39, 0.29) is 18.3 Å². The predicted molar refractivity (Wildman–Crippen MR) is 78.2 cm³/mol. The Hall–Kier alpha value is -2.53. The topological polar surface area (TPSA) is 78.8 Å². The number of benzene rings is 2. The largest absolute Gasteiger partial charge is 0.504 e. The van der Waals surface area contributed by atoms with Crippen LogP contribution in [0.1, 0.15) is 21.5 Å². The Kier molecular flexibility index (Phi) is 4.79. The van der Waals surface area contributed by atoms with E-state index >= 15 is 0 Å². The van der Waals surface area contributed by atoms with Gasteiger partial charge in [0, 0.05) is 12.1 Å². The van der Waals surface area contributed by atoms with Gasteiger partial charge in [-0.05, 0) is 29.3 Å². The van der Waals surface area contributed by atoms with Gasteiger partial charge in [-0.3, -0.25) is 4.79 Å². The second-order valence-corrected chi connectivity index (χ2v) is 4.54. The van der Waals surface area contributed by atoms with Crippen molar-refractivity contribution < 1.29 is 19.7 Å². The van der Waals surface area contributed by atoms with Gasteiger partial charge < -0.3 is 20.3 Å². The van der Waals surface area contributed by atoms with Crippen molar-refractivity contribution in [2.45, 2.75) is 13.2 Å². The van der Waals surface area contributed by atoms with E-state index in [4.69, 9.17) is 9.84 Å². The minimum atomic E-state index is -0.279. The van der Waals surface area contributed by atoms with Gasteiger partial charge in [-0.25, -0.2) is 0 Å². The molecule has 3 N–H and O–H groups in total. The zero-order valence-corrected chi connectivity index (χ0v) is 11.7. The van der Waals surface area contributed by atoms with Crippen molar-refractivity contribution >= 4 is 5.91 Å². The van der Waals surface area contributed by atoms with Gasteiger partial charge in [-0.1, -0.05) is 24.3 Å². The first-order chi connectivity index (χ1) is 10.1. The lowest BCUT2D eigenvalue weighted by Crippen LogP contribution is -2.22. The van der Waals surface area contributed by atoms with Gasteiger partial charge in [0.15, 0.2) is 11.5 Å². The quantitative estimate of drug-likeness (QED) is 0.784. The molecule has 2 aromatic carbocycles. The molecule has 1 amide bonds. The second-order valence-electron chi connectivity index (χ2n) is 4.54. The average Bonchev–Trinajstić information content (AvgIpc) is 2.53. The van der Waals surface area contributed by atoms with E-state index < -0.39 is 0 Å². The van der Waals surface area contributed by atoms with Gasteiger partial charge in [-0.2, -0.15) is 0 Å². The van der Waals surface area contributed by atoms with Crippen molar-refractivity contribution in [1.82, 2.24) is 5.32 Å². The maximum Gasteiger partial charge on any atom is 0.251 e. The number of aliphatic hydroxyl groups excluding tert-OH is 1. The molecule has 0 heterocycles. The highest BCUT2D eigenvalue weighted by atomic mass is 16.5. The van der Waals surface area contributed by atoms with E-state index in [0.29, 0.717) is 17.9 Å². The second kappa shape index (κ2) is 6.76. The molecule has 5 heteroatoms. The molecule has 21 heavy (non-hydrogen) atoms. The lowest BCUT2D eigenvalue weighted by Gasteiger charge is -2.08. The van der Waals surface area contributed by atoms with E-state index in [1.54, 1.807) is 24.3 Å². The summed E-state index contributed by atoms with van der Waals surface area (Å²) in [5, 5.41) is 21.4. The standard InChI is InChI=1S/C16H17NO4/c1-21-15-7-6-13(8-14(15)19)16(20)17-9-11-2-4-12(10-18)5-3-11/h2-8,18-19H,9-10H2,1H3,(H,17,20). The van der Waals surface area contributed by atoms with Gasteiger partial charge in [0.05, 0.1) is 13.7 Å². The molecule has 2 aromatic rings. The van der Waals surface area contributed by atoms with Crippen LogP contribution in [0.3, 0.4) is 0 Å². The number of hydrogen-bond donors (Lipinski definition) is 3. The van der Waals surface area contributed by atoms with Gasteiger partial charge in [0.25, 0.3) is 5.91 Å². The fourth-order valence-electron chi connectivity index (χ4n) is 1.88. The minimum Gasteiger partial charge on any atom is -0.504 e. The number of methoxy groups -OCH3 is 1. The third-order valence-corrected chi connectivity index (χ3v) is 3.10. The average molecular weight is 287 g/mol. The summed E-state index contributed by atoms with van der Waals surface area (Å²) < 4.78 is 4.93. The highest BCUT2D eigenvalue weighted by Crippen LogP contribution is 2.26. The Morgan fingerprint density at radius 2 is 1.81 bits per heavy atom. The zero-order valence-electron chi connectivity index (χ0n) is 11.7. The summed E-state index contributed by atoms with van der Waals surface area (Å²) in [7, 11) is 1.45. The van der Waals surface area contributed by atoms with Crippen LogP contribution >= 0.6 is 0 Å². The molecule has 0 bridgehead atoms. The van der Waals surface area contributed by atoms with Gasteiger partial charge >= 0.3 is 0 Å². The smallest absolute Gasteiger partial charge is 0.251 e. The van der Waals surface area contributed by atoms with Crippen molar-refractivity contribution in [2.75, 3.05) is 7.11 Å². The van der Waals surface area contributed by atoms with Crippen LogP contribution in [0.2, 0.25) is 0 Å². The first-order valence-electron chi connectivity index (χ1n) is 6.48. The van der Waals surface area contributed by atoms with Crippen LogP contribution in [0.4, 0.5) is 0 Å². The number of carbonyl (C=O) groups is 1. The summed E-state index contributed by atoms with van der Waals surface area (Å²) in [6, 6.07) is 11.8. The van der Waals surface area contributed by atoms with Gasteiger partial charge in [0.2, 0.25) is 0 Å². The van der Waals surface area contributed by atoms with Crippen LogP contribution in [-0.2, 0) is 13.2 Å². The molecule has 0 saturated carbocycles. The van der Waals surface area contributed by atoms with E-state index in [0.717, 1.165) is 11.1 Å². The molecule has 0 atom stereocenters. The molecule has 0 aliphatic rings. The van der Waals surface area contributed by atoms with Crippen molar-refractivity contribution in [1.29, 1.82) is 0 Å². The van der Waals surface area contributed by atoms with Gasteiger partial charge in [0.1, 0.15) is 0 Å². The Morgan fingerprint density at radius 1 is 1.14 bits per heavy atom. The Morgan fingerprint density at radius 3 is 2.38 bits per heavy atom. The first kappa shape index (κ1) is 14.9. The lowest BCUT2D eigenvalue weighted by atomic mass is 10.1. The van der Waals surface area contributed by atoms with Crippen molar-refractivity contribution in [2.24, 2.45) is 0 Å². The van der Waals surface area contributed by atoms with E-state index in [1.165, 1.54) is 13.2 Å². The summed E-state index contributed by atoms with van der Waals surface area (Å²) in [4.78, 5) is 12.0. The first-order valence-corrected chi connectivity index (χ1v) is 6.48. The summed E-state index contributed by atoms with van der Waals surface area (Å²) in [6.45, 7) is 0.370. The lowest BCUT2D eigenvalue weighted by molar-refractivity contribution is 0.0950. The minimum absolute atomic E-state index is 0.00222. The van der Waals surface area contributed by atoms with Crippen LogP contribution < -0.4 is 10.1 Å². The molecule has 0 fully saturated rings. The molecule has 110 valence electrons. The number of phenolic OH excluding ortho intramolecular Hbond substituents is 1. The summed E-state index contributed by atoms with van der Waals surface area (Å²) >= 11 is 0. The summed E-state index contributed by atoms with van der Waals surface area (Å²) in [6.07, 6.45) is 0. The molecule has 0 spiro atoms. The fourth-order valence-corrected chi connectivity index (χ4v) is 1.88. The number of carbonyl (C=O) groups excluding carboxylic acids is 1. The van der Waals surface area contributed by atoms with Crippen molar-refractivity contribution in [3.63, 3.8) is 0 Å². The summed E-state index contributed by atoms with van der Waals surface area (Å²) in [5.74, 6) is -0.0252. The third kappa shape index (κ3) is 3.73. The molecule has 0 saturated heterocycles. The van der Waals surface area contributed by atoms with E-state index in [2.05, 4.69) is 5.32 Å². The van der Waals surface area contributed by atoms with Crippen LogP contribution in [-0.4, -0.2) is 23.2 Å². The molecule has 0 aliphatic carbocycles. The molecule has 5 nitrogen and oxygen atoms in total. The number of phenols is 1. The maximum absolute atomic E-state index is 12.0. The van der Waals surface area contributed by atoms with Crippen LogP contribution in [0.5, 0.6) is 11.5 Å². The molecule has 0 unspecified atom stereocenters. The molecule has 0 aliphatic heterocycles. The maximum atomic E-state index is 12.0. The zero-order chi connectivity index (χ0) is 15.2. The number of amides is 1. The third-order valence-electron chi connectivity index (χ3n) is 3.10. The Bertz CT molecular complexity index is 623. The Balaban J connectivity index is 1.99. The van der Waals surface area contributed by atoms with Crippen LogP contribution in [0, 0.1) is 0 Å². The normalized spacial score (nSPS) is 10.2. The van der Waals surface area contributed by atoms with Crippen molar-refractivity contribution in [3.8, 4) is 11.5 Å². The number of nitrogens with one attached hydrogen (secondary N) is 1. The fraction of sp³-hybridized carbons (Fsp3) is 0.188. The molecular weight excluding hydrogens is 270 g/mol. The number of ether oxygens (including phenoxy) is 1. The predicted octanol–water partition coefficient (Wildman–Crippen LogP) is 1.82. The molecule has 0 aromatic heterocycles. The van der Waals surface area contributed by atoms with Crippen LogP contribution in [0.25, 0.3) is 0 Å². The van der Waals surface area contributed by atoms with E-state index in [1.807, 2.05) is 12.1 Å². The number of aromatic hydroxyl groups is 1. The summed E-state index contributed by atoms with van der Waals surface area (Å²) in [5.41, 5.74) is 2.11. The SMILES string of the molecule is COc1ccc(C(=O)NCc2ccc(CO)cc2)cc1O. The van der Waals surface area contributed by atoms with Crippen LogP contribution in [0.15, 0.2) is 42.5 Å². The molecular formula is C16H17NO4. The highest BCUT2D eigenvalue weighted by molar-refractivity contribution is 5.94. The van der Waals surface area contributed by atoms with E-state index in [9.17, 15) is 9.90 Å². The molecule has 2 rings (SSSR count). The van der Waals surface area contributed by atoms with Crippen molar-refractivity contribution in [3.05, 3.63) is 59.2 Å². The number of rotatable bonds is 5. The highest BCUT2D eigenvalue weighted by Gasteiger charge is 2.09. The molecule has 0 radical (unpaired) electrons. The Labute approximate surface area is 122 Å². The number of aliphatic hydroxyl groups is 1. The van der Waals surface area contributed by atoms with Gasteiger partial charge in [-0.15, -0.1) is 0 Å². The number of hydrogen-bond acceptors (Lipinski definition) is 4.